The average Bonchev–Trinajstić information content (AvgIpc) is 3.45. The van der Waals surface area contributed by atoms with Crippen LogP contribution in [0.5, 0.6) is 5.75 Å². The summed E-state index contributed by atoms with van der Waals surface area (Å²) >= 11 is 0. The van der Waals surface area contributed by atoms with Gasteiger partial charge in [-0.25, -0.2) is 13.9 Å². The Morgan fingerprint density at radius 2 is 2.13 bits per heavy atom. The number of hydrogen-bond donors (Lipinski definition) is 4. The predicted molar refractivity (Wildman–Crippen MR) is 137 cm³/mol. The van der Waals surface area contributed by atoms with Crippen LogP contribution in [0.2, 0.25) is 0 Å². The maximum absolute atomic E-state index is 16.1. The SMILES string of the molecule is C#C[C@@]1(F)[C@H](O)[C@@H](COP(=O)(N[C@H](C)C(=O)OC)Oc2ccccc2)O[C@H]1n1cnc2c(NC)nc(N)nc21. The molecule has 6 atom stereocenters. The minimum Gasteiger partial charge on any atom is -0.468 e. The van der Waals surface area contributed by atoms with E-state index >= 15 is 4.39 Å². The molecule has 1 saturated heterocycles. The molecule has 0 radical (unpaired) electrons. The first kappa shape index (κ1) is 28.2. The number of hydrogen-bond acceptors (Lipinski definition) is 12. The number of nitrogens with zero attached hydrogens (tertiary/aromatic N) is 4. The van der Waals surface area contributed by atoms with Crippen LogP contribution in [0, 0.1) is 12.3 Å². The van der Waals surface area contributed by atoms with E-state index in [1.807, 2.05) is 5.92 Å². The molecule has 39 heavy (non-hydrogen) atoms. The molecule has 0 bridgehead atoms. The van der Waals surface area contributed by atoms with Gasteiger partial charge in [-0.05, 0) is 19.1 Å². The number of carbonyl (C=O) groups excluding carboxylic acids is 1. The van der Waals surface area contributed by atoms with E-state index in [1.54, 1.807) is 25.2 Å². The molecular weight excluding hydrogens is 536 g/mol. The fourth-order valence-electron chi connectivity index (χ4n) is 3.94. The van der Waals surface area contributed by atoms with Gasteiger partial charge in [0.15, 0.2) is 23.2 Å². The molecule has 3 aromatic rings. The standard InChI is InChI=1S/C23H27FN7O7P/c1-5-23(24)17(32)15(37-21(23)31-12-27-16-18(26-3)28-22(25)29-19(16)31)11-36-39(34,30-13(2)20(33)35-4)38-14-9-7-6-8-10-14/h1,6-10,12-13,15,17,21,32H,11H2,2-4H3,(H,30,34)(H3,25,26,28,29)/t13-,15-,17-,21-,23-,39?/m1/s1. The number of halogens is 1. The summed E-state index contributed by atoms with van der Waals surface area (Å²) in [6.07, 6.45) is 1.73. The van der Waals surface area contributed by atoms with Gasteiger partial charge in [0.25, 0.3) is 0 Å². The van der Waals surface area contributed by atoms with Crippen LogP contribution in [0.1, 0.15) is 13.2 Å². The van der Waals surface area contributed by atoms with E-state index in [2.05, 4.69) is 30.1 Å². The predicted octanol–water partition coefficient (Wildman–Crippen LogP) is 1.40. The first-order chi connectivity index (χ1) is 18.5. The van der Waals surface area contributed by atoms with Gasteiger partial charge >= 0.3 is 13.7 Å². The molecule has 3 heterocycles. The van der Waals surface area contributed by atoms with Crippen LogP contribution in [0.15, 0.2) is 36.7 Å². The van der Waals surface area contributed by atoms with Gasteiger partial charge in [0.05, 0.1) is 20.0 Å². The number of benzene rings is 1. The number of nitrogens with one attached hydrogen (secondary N) is 2. The third-order valence-electron chi connectivity index (χ3n) is 5.88. The van der Waals surface area contributed by atoms with Crippen molar-refractivity contribution in [2.24, 2.45) is 0 Å². The fraction of sp³-hybridized carbons (Fsp3) is 0.391. The molecule has 16 heteroatoms. The summed E-state index contributed by atoms with van der Waals surface area (Å²) in [6.45, 7) is 0.733. The van der Waals surface area contributed by atoms with Crippen LogP contribution < -0.4 is 20.7 Å². The van der Waals surface area contributed by atoms with Gasteiger partial charge in [-0.15, -0.1) is 6.42 Å². The number of anilines is 2. The Morgan fingerprint density at radius 1 is 1.41 bits per heavy atom. The third-order valence-corrected chi connectivity index (χ3v) is 7.52. The zero-order valence-corrected chi connectivity index (χ0v) is 22.0. The summed E-state index contributed by atoms with van der Waals surface area (Å²) in [7, 11) is -1.56. The average molecular weight is 563 g/mol. The molecule has 0 aliphatic carbocycles. The molecule has 1 fully saturated rings. The van der Waals surface area contributed by atoms with Crippen molar-refractivity contribution in [3.63, 3.8) is 0 Å². The van der Waals surface area contributed by atoms with Gasteiger partial charge in [-0.1, -0.05) is 24.1 Å². The van der Waals surface area contributed by atoms with Gasteiger partial charge in [-0.3, -0.25) is 13.9 Å². The zero-order valence-electron chi connectivity index (χ0n) is 21.1. The van der Waals surface area contributed by atoms with E-state index in [0.29, 0.717) is 0 Å². The van der Waals surface area contributed by atoms with Gasteiger partial charge in [0.2, 0.25) is 11.6 Å². The summed E-state index contributed by atoms with van der Waals surface area (Å²) in [5, 5.41) is 16.1. The summed E-state index contributed by atoms with van der Waals surface area (Å²) in [4.78, 5) is 24.3. The Hall–Kier alpha value is -3.80. The lowest BCUT2D eigenvalue weighted by Crippen LogP contribution is -2.42. The van der Waals surface area contributed by atoms with Crippen LogP contribution in [-0.4, -0.2) is 75.3 Å². The van der Waals surface area contributed by atoms with Crippen molar-refractivity contribution in [1.29, 1.82) is 0 Å². The number of fused-ring (bicyclic) bond motifs is 1. The molecule has 2 aromatic heterocycles. The summed E-state index contributed by atoms with van der Waals surface area (Å²) in [5.41, 5.74) is 3.35. The fourth-order valence-corrected chi connectivity index (χ4v) is 5.44. The van der Waals surface area contributed by atoms with E-state index in [9.17, 15) is 14.5 Å². The second-order valence-electron chi connectivity index (χ2n) is 8.46. The molecule has 1 aromatic carbocycles. The van der Waals surface area contributed by atoms with E-state index in [0.717, 1.165) is 7.11 Å². The molecule has 0 saturated carbocycles. The summed E-state index contributed by atoms with van der Waals surface area (Å²) < 4.78 is 52.3. The van der Waals surface area contributed by atoms with E-state index in [1.165, 1.54) is 30.0 Å². The number of methoxy groups -OCH3 is 1. The Labute approximate surface area is 222 Å². The highest BCUT2D eigenvalue weighted by atomic mass is 31.2. The number of nitrogen functional groups attached to an aromatic ring is 1. The molecule has 0 spiro atoms. The van der Waals surface area contributed by atoms with Gasteiger partial charge in [-0.2, -0.15) is 15.1 Å². The summed E-state index contributed by atoms with van der Waals surface area (Å²) in [6, 6.07) is 6.89. The number of imidazole rings is 1. The number of para-hydroxylation sites is 1. The van der Waals surface area contributed by atoms with Crippen molar-refractivity contribution >= 4 is 36.6 Å². The molecule has 208 valence electrons. The Balaban J connectivity index is 1.61. The number of alkyl halides is 1. The summed E-state index contributed by atoms with van der Waals surface area (Å²) in [5.74, 6) is 1.52. The smallest absolute Gasteiger partial charge is 0.459 e. The van der Waals surface area contributed by atoms with Gasteiger partial charge in [0, 0.05) is 7.05 Å². The first-order valence-corrected chi connectivity index (χ1v) is 13.1. The normalized spacial score (nSPS) is 25.0. The Kier molecular flexibility index (Phi) is 8.05. The maximum atomic E-state index is 16.1. The van der Waals surface area contributed by atoms with Gasteiger partial charge < -0.3 is 30.2 Å². The lowest BCUT2D eigenvalue weighted by molar-refractivity contribution is -0.142. The zero-order chi connectivity index (χ0) is 28.4. The molecule has 4 rings (SSSR count). The number of esters is 1. The molecular formula is C23H27FN7O7P. The molecule has 1 aliphatic rings. The minimum absolute atomic E-state index is 0.0922. The molecule has 14 nitrogen and oxygen atoms in total. The van der Waals surface area contributed by atoms with Crippen LogP contribution in [0.4, 0.5) is 16.2 Å². The lowest BCUT2D eigenvalue weighted by atomic mass is 9.97. The van der Waals surface area contributed by atoms with Crippen molar-refractivity contribution < 1.29 is 37.4 Å². The number of aliphatic hydroxyl groups excluding tert-OH is 1. The topological polar surface area (TPSA) is 185 Å². The first-order valence-electron chi connectivity index (χ1n) is 11.6. The second kappa shape index (κ2) is 11.1. The number of rotatable bonds is 10. The van der Waals surface area contributed by atoms with Crippen molar-refractivity contribution in [1.82, 2.24) is 24.6 Å². The van der Waals surface area contributed by atoms with E-state index in [-0.39, 0.29) is 28.7 Å². The van der Waals surface area contributed by atoms with E-state index in [4.69, 9.17) is 25.9 Å². The number of nitrogens with two attached hydrogens (primary N) is 1. The van der Waals surface area contributed by atoms with Crippen LogP contribution in [-0.2, 0) is 23.4 Å². The Morgan fingerprint density at radius 3 is 2.77 bits per heavy atom. The number of aliphatic hydroxyl groups is 1. The largest absolute Gasteiger partial charge is 0.468 e. The third kappa shape index (κ3) is 5.51. The monoisotopic (exact) mass is 563 g/mol. The lowest BCUT2D eigenvalue weighted by Gasteiger charge is -2.24. The highest BCUT2D eigenvalue weighted by molar-refractivity contribution is 7.52. The number of aromatic nitrogens is 4. The minimum atomic E-state index is -4.31. The van der Waals surface area contributed by atoms with Gasteiger partial charge in [0.1, 0.15) is 24.0 Å². The number of ether oxygens (including phenoxy) is 2. The maximum Gasteiger partial charge on any atom is 0.459 e. The van der Waals surface area contributed by atoms with E-state index < -0.39 is 50.5 Å². The van der Waals surface area contributed by atoms with Crippen LogP contribution in [0.25, 0.3) is 11.2 Å². The molecule has 1 unspecified atom stereocenters. The van der Waals surface area contributed by atoms with Crippen molar-refractivity contribution in [3.05, 3.63) is 36.7 Å². The number of carbonyl (C=O) groups is 1. The highest BCUT2D eigenvalue weighted by Gasteiger charge is 2.58. The quantitative estimate of drug-likeness (QED) is 0.158. The van der Waals surface area contributed by atoms with Crippen molar-refractivity contribution in [2.75, 3.05) is 31.8 Å². The molecule has 0 amide bonds. The Bertz CT molecular complexity index is 1440. The van der Waals surface area contributed by atoms with Crippen molar-refractivity contribution in [2.45, 2.75) is 37.1 Å². The molecule has 1 aliphatic heterocycles. The molecule has 5 N–H and O–H groups in total. The van der Waals surface area contributed by atoms with Crippen LogP contribution in [0.3, 0.4) is 0 Å². The number of terminal acetylenes is 1. The second-order valence-corrected chi connectivity index (χ2v) is 10.2. The highest BCUT2D eigenvalue weighted by Crippen LogP contribution is 2.48. The van der Waals surface area contributed by atoms with Crippen LogP contribution >= 0.6 is 7.75 Å². The van der Waals surface area contributed by atoms with Crippen molar-refractivity contribution in [3.8, 4) is 18.1 Å².